The summed E-state index contributed by atoms with van der Waals surface area (Å²) < 4.78 is 5.96. The normalized spacial score (nSPS) is 18.6. The van der Waals surface area contributed by atoms with Crippen molar-refractivity contribution in [1.82, 2.24) is 4.90 Å². The summed E-state index contributed by atoms with van der Waals surface area (Å²) in [7, 11) is 0. The Morgan fingerprint density at radius 2 is 1.97 bits per heavy atom. The maximum Gasteiger partial charge on any atom is 0.260 e. The Morgan fingerprint density at radius 1 is 1.17 bits per heavy atom. The summed E-state index contributed by atoms with van der Waals surface area (Å²) in [6.45, 7) is 5.39. The molecule has 4 rings (SSSR count). The molecule has 2 heterocycles. The van der Waals surface area contributed by atoms with Crippen LogP contribution in [0.5, 0.6) is 0 Å². The summed E-state index contributed by atoms with van der Waals surface area (Å²) in [5, 5.41) is 21.9. The minimum atomic E-state index is -0.757. The fraction of sp³-hybridized carbons (Fsp3) is 0.348. The van der Waals surface area contributed by atoms with Gasteiger partial charge in [-0.15, -0.1) is 0 Å². The second-order valence-corrected chi connectivity index (χ2v) is 7.84. The molecule has 6 heteroatoms. The van der Waals surface area contributed by atoms with Gasteiger partial charge in [0.15, 0.2) is 0 Å². The summed E-state index contributed by atoms with van der Waals surface area (Å²) in [5.41, 5.74) is 5.36. The number of benzene rings is 2. The largest absolute Gasteiger partial charge is 0.487 e. The number of carbonyl (C=O) groups is 1. The predicted molar refractivity (Wildman–Crippen MR) is 112 cm³/mol. The first-order valence-corrected chi connectivity index (χ1v) is 9.91. The SMILES string of the molecule is CC(C)N(Cc1ccc2c(c1)COC2=C1C(=O)Nc2ccccc21)C[C@H](O)CO. The Morgan fingerprint density at radius 3 is 2.72 bits per heavy atom. The third kappa shape index (κ3) is 3.79. The lowest BCUT2D eigenvalue weighted by molar-refractivity contribution is -0.110. The minimum absolute atomic E-state index is 0.137. The van der Waals surface area contributed by atoms with Crippen LogP contribution in [0.15, 0.2) is 42.5 Å². The molecule has 2 aromatic rings. The Balaban J connectivity index is 1.63. The zero-order valence-electron chi connectivity index (χ0n) is 16.7. The number of aliphatic hydroxyl groups is 2. The van der Waals surface area contributed by atoms with E-state index in [2.05, 4.69) is 30.1 Å². The van der Waals surface area contributed by atoms with E-state index in [4.69, 9.17) is 9.84 Å². The van der Waals surface area contributed by atoms with Gasteiger partial charge in [-0.3, -0.25) is 9.69 Å². The van der Waals surface area contributed by atoms with Crippen molar-refractivity contribution in [2.45, 2.75) is 39.1 Å². The van der Waals surface area contributed by atoms with Gasteiger partial charge in [-0.05, 0) is 25.5 Å². The van der Waals surface area contributed by atoms with Gasteiger partial charge in [-0.1, -0.05) is 36.4 Å². The molecule has 2 aliphatic rings. The smallest absolute Gasteiger partial charge is 0.260 e. The van der Waals surface area contributed by atoms with Gasteiger partial charge in [-0.25, -0.2) is 0 Å². The molecule has 3 N–H and O–H groups in total. The molecule has 0 aliphatic carbocycles. The molecule has 29 heavy (non-hydrogen) atoms. The van der Waals surface area contributed by atoms with Gasteiger partial charge < -0.3 is 20.3 Å². The number of nitrogens with zero attached hydrogens (tertiary/aromatic N) is 1. The summed E-state index contributed by atoms with van der Waals surface area (Å²) in [4.78, 5) is 14.7. The topological polar surface area (TPSA) is 82.0 Å². The molecular weight excluding hydrogens is 368 g/mol. The maximum atomic E-state index is 12.5. The van der Waals surface area contributed by atoms with E-state index < -0.39 is 6.10 Å². The Bertz CT molecular complexity index is 967. The number of ether oxygens (including phenoxy) is 1. The van der Waals surface area contributed by atoms with Gasteiger partial charge in [0.2, 0.25) is 0 Å². The average Bonchev–Trinajstić information content (AvgIpc) is 3.26. The zero-order valence-corrected chi connectivity index (χ0v) is 16.7. The van der Waals surface area contributed by atoms with Crippen LogP contribution in [0.4, 0.5) is 5.69 Å². The molecule has 152 valence electrons. The van der Waals surface area contributed by atoms with E-state index in [1.807, 2.05) is 36.4 Å². The van der Waals surface area contributed by atoms with Gasteiger partial charge >= 0.3 is 0 Å². The van der Waals surface area contributed by atoms with Gasteiger partial charge in [0.1, 0.15) is 12.4 Å². The van der Waals surface area contributed by atoms with E-state index in [0.29, 0.717) is 31.0 Å². The first-order valence-electron chi connectivity index (χ1n) is 9.91. The van der Waals surface area contributed by atoms with Crippen LogP contribution in [0.1, 0.15) is 36.1 Å². The van der Waals surface area contributed by atoms with Crippen molar-refractivity contribution >= 4 is 22.9 Å². The van der Waals surface area contributed by atoms with Gasteiger partial charge in [0.25, 0.3) is 5.91 Å². The number of anilines is 1. The lowest BCUT2D eigenvalue weighted by atomic mass is 9.99. The number of fused-ring (bicyclic) bond motifs is 2. The van der Waals surface area contributed by atoms with E-state index in [0.717, 1.165) is 27.9 Å². The highest BCUT2D eigenvalue weighted by molar-refractivity contribution is 6.36. The standard InChI is InChI=1S/C23H26N2O4/c1-14(2)25(11-17(27)12-26)10-15-7-8-18-16(9-15)13-29-22(18)21-19-5-3-4-6-20(19)24-23(21)28/h3-9,14,17,26-27H,10-13H2,1-2H3,(H,24,28)/t17-/m0/s1. The Hall–Kier alpha value is -2.67. The van der Waals surface area contributed by atoms with E-state index in [1.54, 1.807) is 0 Å². The van der Waals surface area contributed by atoms with Crippen molar-refractivity contribution in [2.75, 3.05) is 18.5 Å². The summed E-state index contributed by atoms with van der Waals surface area (Å²) >= 11 is 0. The molecule has 0 saturated carbocycles. The third-order valence-electron chi connectivity index (χ3n) is 5.46. The molecule has 0 unspecified atom stereocenters. The van der Waals surface area contributed by atoms with Crippen LogP contribution in [0.3, 0.4) is 0 Å². The number of amides is 1. The van der Waals surface area contributed by atoms with Crippen molar-refractivity contribution in [3.05, 3.63) is 64.7 Å². The molecule has 0 spiro atoms. The van der Waals surface area contributed by atoms with Gasteiger partial charge in [-0.2, -0.15) is 0 Å². The second kappa shape index (κ2) is 7.99. The molecule has 1 amide bonds. The van der Waals surface area contributed by atoms with Crippen LogP contribution in [0.2, 0.25) is 0 Å². The van der Waals surface area contributed by atoms with Crippen LogP contribution >= 0.6 is 0 Å². The van der Waals surface area contributed by atoms with E-state index in [1.165, 1.54) is 0 Å². The predicted octanol–water partition coefficient (Wildman–Crippen LogP) is 2.60. The van der Waals surface area contributed by atoms with Crippen LogP contribution in [-0.4, -0.2) is 46.3 Å². The number of para-hydroxylation sites is 1. The van der Waals surface area contributed by atoms with E-state index in [-0.39, 0.29) is 18.6 Å². The number of nitrogens with one attached hydrogen (secondary N) is 1. The van der Waals surface area contributed by atoms with Crippen molar-refractivity contribution in [1.29, 1.82) is 0 Å². The second-order valence-electron chi connectivity index (χ2n) is 7.84. The lowest BCUT2D eigenvalue weighted by Crippen LogP contribution is -2.38. The van der Waals surface area contributed by atoms with Crippen molar-refractivity contribution in [2.24, 2.45) is 0 Å². The molecule has 6 nitrogen and oxygen atoms in total. The Kier molecular flexibility index (Phi) is 5.41. The fourth-order valence-electron chi connectivity index (χ4n) is 3.88. The zero-order chi connectivity index (χ0) is 20.5. The van der Waals surface area contributed by atoms with Gasteiger partial charge in [0.05, 0.1) is 18.3 Å². The summed E-state index contributed by atoms with van der Waals surface area (Å²) in [6, 6.07) is 14.0. The first kappa shape index (κ1) is 19.6. The minimum Gasteiger partial charge on any atom is -0.487 e. The molecule has 0 fully saturated rings. The van der Waals surface area contributed by atoms with Crippen LogP contribution < -0.4 is 5.32 Å². The molecule has 0 radical (unpaired) electrons. The van der Waals surface area contributed by atoms with E-state index >= 15 is 0 Å². The van der Waals surface area contributed by atoms with Crippen LogP contribution in [0, 0.1) is 0 Å². The highest BCUT2D eigenvalue weighted by atomic mass is 16.5. The molecule has 1 atom stereocenters. The summed E-state index contributed by atoms with van der Waals surface area (Å²) in [5.74, 6) is 0.493. The number of hydrogen-bond acceptors (Lipinski definition) is 5. The first-order chi connectivity index (χ1) is 14.0. The fourth-order valence-corrected chi connectivity index (χ4v) is 3.88. The quantitative estimate of drug-likeness (QED) is 0.656. The number of rotatable bonds is 6. The molecule has 2 aromatic carbocycles. The van der Waals surface area contributed by atoms with Crippen LogP contribution in [0.25, 0.3) is 11.3 Å². The van der Waals surface area contributed by atoms with Gasteiger partial charge in [0, 0.05) is 41.5 Å². The Labute approximate surface area is 170 Å². The number of carbonyl (C=O) groups excluding carboxylic acids is 1. The van der Waals surface area contributed by atoms with E-state index in [9.17, 15) is 9.90 Å². The molecule has 0 bridgehead atoms. The molecular formula is C23H26N2O4. The maximum absolute atomic E-state index is 12.5. The lowest BCUT2D eigenvalue weighted by Gasteiger charge is -2.28. The average molecular weight is 394 g/mol. The highest BCUT2D eigenvalue weighted by Crippen LogP contribution is 2.41. The molecule has 0 aromatic heterocycles. The molecule has 0 saturated heterocycles. The summed E-state index contributed by atoms with van der Waals surface area (Å²) in [6.07, 6.45) is -0.757. The highest BCUT2D eigenvalue weighted by Gasteiger charge is 2.32. The molecule has 2 aliphatic heterocycles. The van der Waals surface area contributed by atoms with Crippen molar-refractivity contribution in [3.63, 3.8) is 0 Å². The van der Waals surface area contributed by atoms with Crippen LogP contribution in [-0.2, 0) is 22.7 Å². The van der Waals surface area contributed by atoms with Crippen molar-refractivity contribution < 1.29 is 19.7 Å². The number of aliphatic hydroxyl groups excluding tert-OH is 2. The monoisotopic (exact) mass is 394 g/mol. The van der Waals surface area contributed by atoms with Crippen molar-refractivity contribution in [3.8, 4) is 0 Å². The third-order valence-corrected chi connectivity index (χ3v) is 5.46. The number of hydrogen-bond donors (Lipinski definition) is 3.